The van der Waals surface area contributed by atoms with Crippen LogP contribution in [-0.2, 0) is 0 Å². The molecule has 0 bridgehead atoms. The second-order valence-electron chi connectivity index (χ2n) is 5.89. The zero-order valence-corrected chi connectivity index (χ0v) is 14.2. The standard InChI is InChI=1S/C19H24N2O3/c1-13(2)24-16-9-10-17(14(3)11-16)20-19(23)21-18(12-22)15-7-5-4-6-8-15/h4-11,13,18,22H,12H2,1-3H3,(H2,20,21,23)/t18-/m1/s1. The molecule has 0 spiro atoms. The van der Waals surface area contributed by atoms with E-state index < -0.39 is 6.04 Å². The lowest BCUT2D eigenvalue weighted by Gasteiger charge is -2.18. The first-order valence-corrected chi connectivity index (χ1v) is 8.00. The summed E-state index contributed by atoms with van der Waals surface area (Å²) in [5.74, 6) is 0.769. The number of urea groups is 1. The van der Waals surface area contributed by atoms with Gasteiger partial charge in [0.15, 0.2) is 0 Å². The molecule has 2 amide bonds. The van der Waals surface area contributed by atoms with E-state index in [1.165, 1.54) is 0 Å². The minimum absolute atomic E-state index is 0.0997. The number of hydrogen-bond donors (Lipinski definition) is 3. The van der Waals surface area contributed by atoms with Crippen LogP contribution in [0.3, 0.4) is 0 Å². The van der Waals surface area contributed by atoms with Gasteiger partial charge in [0.2, 0.25) is 0 Å². The van der Waals surface area contributed by atoms with Crippen LogP contribution in [0.5, 0.6) is 5.75 Å². The number of carbonyl (C=O) groups is 1. The largest absolute Gasteiger partial charge is 0.491 e. The Kier molecular flexibility index (Phi) is 6.21. The Morgan fingerprint density at radius 1 is 1.17 bits per heavy atom. The molecule has 128 valence electrons. The van der Waals surface area contributed by atoms with Gasteiger partial charge in [-0.25, -0.2) is 4.79 Å². The monoisotopic (exact) mass is 328 g/mol. The molecule has 0 aromatic heterocycles. The maximum Gasteiger partial charge on any atom is 0.319 e. The van der Waals surface area contributed by atoms with Crippen LogP contribution in [0.1, 0.15) is 31.0 Å². The van der Waals surface area contributed by atoms with Crippen LogP contribution in [0.2, 0.25) is 0 Å². The first kappa shape index (κ1) is 17.8. The summed E-state index contributed by atoms with van der Waals surface area (Å²) < 4.78 is 5.63. The van der Waals surface area contributed by atoms with Crippen molar-refractivity contribution in [3.63, 3.8) is 0 Å². The molecule has 0 aliphatic heterocycles. The molecular formula is C19H24N2O3. The molecule has 0 radical (unpaired) electrons. The van der Waals surface area contributed by atoms with Gasteiger partial charge in [0, 0.05) is 5.69 Å². The van der Waals surface area contributed by atoms with Crippen molar-refractivity contribution in [3.05, 3.63) is 59.7 Å². The molecular weight excluding hydrogens is 304 g/mol. The highest BCUT2D eigenvalue weighted by atomic mass is 16.5. The highest BCUT2D eigenvalue weighted by Crippen LogP contribution is 2.22. The fourth-order valence-corrected chi connectivity index (χ4v) is 2.36. The van der Waals surface area contributed by atoms with E-state index in [4.69, 9.17) is 4.74 Å². The summed E-state index contributed by atoms with van der Waals surface area (Å²) >= 11 is 0. The third-order valence-corrected chi connectivity index (χ3v) is 3.51. The van der Waals surface area contributed by atoms with Gasteiger partial charge < -0.3 is 20.5 Å². The number of ether oxygens (including phenoxy) is 1. The van der Waals surface area contributed by atoms with E-state index in [2.05, 4.69) is 10.6 Å². The average Bonchev–Trinajstić information content (AvgIpc) is 2.55. The Morgan fingerprint density at radius 2 is 1.88 bits per heavy atom. The van der Waals surface area contributed by atoms with E-state index in [-0.39, 0.29) is 18.7 Å². The van der Waals surface area contributed by atoms with E-state index in [1.807, 2.05) is 69.3 Å². The number of aliphatic hydroxyl groups is 1. The summed E-state index contributed by atoms with van der Waals surface area (Å²) in [7, 11) is 0. The summed E-state index contributed by atoms with van der Waals surface area (Å²) in [5, 5.41) is 15.1. The third kappa shape index (κ3) is 4.99. The molecule has 2 rings (SSSR count). The van der Waals surface area contributed by atoms with Gasteiger partial charge in [0.25, 0.3) is 0 Å². The molecule has 5 heteroatoms. The molecule has 5 nitrogen and oxygen atoms in total. The molecule has 0 fully saturated rings. The summed E-state index contributed by atoms with van der Waals surface area (Å²) in [4.78, 5) is 12.2. The quantitative estimate of drug-likeness (QED) is 0.758. The van der Waals surface area contributed by atoms with E-state index in [0.717, 1.165) is 16.9 Å². The Balaban J connectivity index is 2.01. The van der Waals surface area contributed by atoms with Crippen LogP contribution in [0.25, 0.3) is 0 Å². The molecule has 3 N–H and O–H groups in total. The predicted octanol–water partition coefficient (Wildman–Crippen LogP) is 3.64. The van der Waals surface area contributed by atoms with Crippen molar-refractivity contribution in [3.8, 4) is 5.75 Å². The van der Waals surface area contributed by atoms with Gasteiger partial charge in [-0.15, -0.1) is 0 Å². The normalized spacial score (nSPS) is 11.9. The minimum atomic E-state index is -0.449. The van der Waals surface area contributed by atoms with E-state index >= 15 is 0 Å². The van der Waals surface area contributed by atoms with E-state index in [1.54, 1.807) is 0 Å². The van der Waals surface area contributed by atoms with Crippen molar-refractivity contribution in [2.24, 2.45) is 0 Å². The molecule has 1 atom stereocenters. The summed E-state index contributed by atoms with van der Waals surface area (Å²) in [6.45, 7) is 5.67. The zero-order chi connectivity index (χ0) is 17.5. The Bertz CT molecular complexity index is 672. The maximum absolute atomic E-state index is 12.2. The lowest BCUT2D eigenvalue weighted by Crippen LogP contribution is -2.34. The molecule has 2 aromatic rings. The number of hydrogen-bond acceptors (Lipinski definition) is 3. The molecule has 24 heavy (non-hydrogen) atoms. The van der Waals surface area contributed by atoms with Crippen molar-refractivity contribution in [1.29, 1.82) is 0 Å². The molecule has 0 unspecified atom stereocenters. The number of aliphatic hydroxyl groups excluding tert-OH is 1. The first-order chi connectivity index (χ1) is 11.5. The van der Waals surface area contributed by atoms with Crippen LogP contribution in [-0.4, -0.2) is 23.8 Å². The molecule has 2 aromatic carbocycles. The van der Waals surface area contributed by atoms with Crippen molar-refractivity contribution in [2.75, 3.05) is 11.9 Å². The van der Waals surface area contributed by atoms with Crippen molar-refractivity contribution >= 4 is 11.7 Å². The number of aryl methyl sites for hydroxylation is 1. The zero-order valence-electron chi connectivity index (χ0n) is 14.2. The topological polar surface area (TPSA) is 70.6 Å². The highest BCUT2D eigenvalue weighted by molar-refractivity contribution is 5.90. The molecule has 0 heterocycles. The number of nitrogens with one attached hydrogen (secondary N) is 2. The Labute approximate surface area is 142 Å². The Hall–Kier alpha value is -2.53. The average molecular weight is 328 g/mol. The predicted molar refractivity (Wildman–Crippen MR) is 95.4 cm³/mol. The van der Waals surface area contributed by atoms with E-state index in [0.29, 0.717) is 5.69 Å². The lowest BCUT2D eigenvalue weighted by atomic mass is 10.1. The van der Waals surface area contributed by atoms with Gasteiger partial charge in [-0.05, 0) is 50.1 Å². The second kappa shape index (κ2) is 8.36. The first-order valence-electron chi connectivity index (χ1n) is 8.00. The van der Waals surface area contributed by atoms with Gasteiger partial charge in [-0.1, -0.05) is 30.3 Å². The molecule has 0 aliphatic rings. The van der Waals surface area contributed by atoms with Crippen LogP contribution in [0, 0.1) is 6.92 Å². The second-order valence-corrected chi connectivity index (χ2v) is 5.89. The number of carbonyl (C=O) groups excluding carboxylic acids is 1. The number of amides is 2. The van der Waals surface area contributed by atoms with Gasteiger partial charge in [0.1, 0.15) is 5.75 Å². The van der Waals surface area contributed by atoms with Crippen LogP contribution in [0.15, 0.2) is 48.5 Å². The summed E-state index contributed by atoms with van der Waals surface area (Å²) in [5.41, 5.74) is 2.46. The van der Waals surface area contributed by atoms with Gasteiger partial charge >= 0.3 is 6.03 Å². The smallest absolute Gasteiger partial charge is 0.319 e. The van der Waals surface area contributed by atoms with Crippen LogP contribution < -0.4 is 15.4 Å². The summed E-state index contributed by atoms with van der Waals surface area (Å²) in [6, 6.07) is 14.1. The number of rotatable bonds is 6. The fraction of sp³-hybridized carbons (Fsp3) is 0.316. The lowest BCUT2D eigenvalue weighted by molar-refractivity contribution is 0.225. The van der Waals surface area contributed by atoms with Crippen LogP contribution >= 0.6 is 0 Å². The van der Waals surface area contributed by atoms with Crippen molar-refractivity contribution < 1.29 is 14.6 Å². The summed E-state index contributed by atoms with van der Waals surface area (Å²) in [6.07, 6.45) is 0.0997. The van der Waals surface area contributed by atoms with Gasteiger partial charge in [-0.2, -0.15) is 0 Å². The van der Waals surface area contributed by atoms with Crippen molar-refractivity contribution in [2.45, 2.75) is 32.9 Å². The SMILES string of the molecule is Cc1cc(OC(C)C)ccc1NC(=O)N[C@H](CO)c1ccccc1. The minimum Gasteiger partial charge on any atom is -0.491 e. The van der Waals surface area contributed by atoms with Gasteiger partial charge in [-0.3, -0.25) is 0 Å². The van der Waals surface area contributed by atoms with Crippen LogP contribution in [0.4, 0.5) is 10.5 Å². The fourth-order valence-electron chi connectivity index (χ4n) is 2.36. The third-order valence-electron chi connectivity index (χ3n) is 3.51. The van der Waals surface area contributed by atoms with Gasteiger partial charge in [0.05, 0.1) is 18.8 Å². The molecule has 0 saturated heterocycles. The Morgan fingerprint density at radius 3 is 2.46 bits per heavy atom. The number of benzene rings is 2. The molecule has 0 aliphatic carbocycles. The number of anilines is 1. The highest BCUT2D eigenvalue weighted by Gasteiger charge is 2.14. The molecule has 0 saturated carbocycles. The maximum atomic E-state index is 12.2. The van der Waals surface area contributed by atoms with Crippen molar-refractivity contribution in [1.82, 2.24) is 5.32 Å². The van der Waals surface area contributed by atoms with E-state index in [9.17, 15) is 9.90 Å².